The van der Waals surface area contributed by atoms with Crippen LogP contribution in [-0.4, -0.2) is 17.5 Å². The summed E-state index contributed by atoms with van der Waals surface area (Å²) >= 11 is 0. The van der Waals surface area contributed by atoms with Crippen molar-refractivity contribution in [3.63, 3.8) is 0 Å². The third kappa shape index (κ3) is 3.38. The minimum absolute atomic E-state index is 0.124. The monoisotopic (exact) mass is 228 g/mol. The molecule has 0 aliphatic heterocycles. The zero-order chi connectivity index (χ0) is 12.1. The molecular weight excluding hydrogens is 214 g/mol. The summed E-state index contributed by atoms with van der Waals surface area (Å²) in [6.07, 6.45) is 0.394. The number of halogens is 2. The van der Waals surface area contributed by atoms with E-state index in [1.165, 1.54) is 6.92 Å². The molecule has 4 heteroatoms. The highest BCUT2D eigenvalue weighted by atomic mass is 19.1. The normalized spacial score (nSPS) is 12.5. The van der Waals surface area contributed by atoms with Gasteiger partial charge in [0.05, 0.1) is 0 Å². The Morgan fingerprint density at radius 2 is 2.12 bits per heavy atom. The number of aliphatic hydroxyl groups is 1. The van der Waals surface area contributed by atoms with Crippen LogP contribution in [0.15, 0.2) is 18.2 Å². The average molecular weight is 228 g/mol. The molecule has 0 saturated heterocycles. The lowest BCUT2D eigenvalue weighted by atomic mass is 9.93. The number of hydrogen-bond donors (Lipinski definition) is 1. The minimum atomic E-state index is -0.525. The van der Waals surface area contributed by atoms with E-state index in [2.05, 4.69) is 0 Å². The van der Waals surface area contributed by atoms with Gasteiger partial charge in [0.15, 0.2) is 0 Å². The molecule has 1 aromatic rings. The minimum Gasteiger partial charge on any atom is -0.396 e. The van der Waals surface area contributed by atoms with Gasteiger partial charge in [0.2, 0.25) is 0 Å². The van der Waals surface area contributed by atoms with Crippen LogP contribution < -0.4 is 0 Å². The Morgan fingerprint density at radius 3 is 2.69 bits per heavy atom. The van der Waals surface area contributed by atoms with Gasteiger partial charge < -0.3 is 5.11 Å². The van der Waals surface area contributed by atoms with Crippen molar-refractivity contribution < 1.29 is 18.7 Å². The number of benzene rings is 1. The van der Waals surface area contributed by atoms with E-state index < -0.39 is 17.6 Å². The van der Waals surface area contributed by atoms with Crippen molar-refractivity contribution in [2.45, 2.75) is 19.8 Å². The summed E-state index contributed by atoms with van der Waals surface area (Å²) in [5.74, 6) is -1.63. The molecule has 0 aliphatic carbocycles. The Bertz CT molecular complexity index is 377. The van der Waals surface area contributed by atoms with Crippen molar-refractivity contribution in [3.8, 4) is 0 Å². The third-order valence-corrected chi connectivity index (χ3v) is 2.53. The Morgan fingerprint density at radius 1 is 1.44 bits per heavy atom. The molecule has 0 aliphatic rings. The number of Topliss-reactive ketones (excluding diaryl/α,β-unsaturated/α-hetero) is 1. The van der Waals surface area contributed by atoms with Crippen molar-refractivity contribution >= 4 is 5.78 Å². The topological polar surface area (TPSA) is 37.3 Å². The molecule has 0 aromatic heterocycles. The van der Waals surface area contributed by atoms with Crippen LogP contribution in [0, 0.1) is 17.6 Å². The number of ketones is 1. The highest BCUT2D eigenvalue weighted by Crippen LogP contribution is 2.17. The predicted octanol–water partition coefficient (Wildman–Crippen LogP) is 2.09. The first-order chi connectivity index (χ1) is 7.54. The second-order valence-electron chi connectivity index (χ2n) is 3.76. The number of hydrogen-bond acceptors (Lipinski definition) is 2. The lowest BCUT2D eigenvalue weighted by molar-refractivity contribution is -0.121. The van der Waals surface area contributed by atoms with Gasteiger partial charge in [0.25, 0.3) is 0 Å². The Kier molecular flexibility index (Phi) is 4.55. The van der Waals surface area contributed by atoms with Gasteiger partial charge in [-0.25, -0.2) is 8.78 Å². The van der Waals surface area contributed by atoms with Crippen LogP contribution in [0.5, 0.6) is 0 Å². The zero-order valence-electron chi connectivity index (χ0n) is 9.04. The molecule has 0 radical (unpaired) electrons. The van der Waals surface area contributed by atoms with Crippen LogP contribution >= 0.6 is 0 Å². The SMILES string of the molecule is CC(=O)C(CCO)Cc1cc(F)ccc1F. The van der Waals surface area contributed by atoms with Crippen LogP contribution in [-0.2, 0) is 11.2 Å². The van der Waals surface area contributed by atoms with Crippen LogP contribution in [0.3, 0.4) is 0 Å². The smallest absolute Gasteiger partial charge is 0.133 e. The largest absolute Gasteiger partial charge is 0.396 e. The van der Waals surface area contributed by atoms with Crippen molar-refractivity contribution in [2.24, 2.45) is 5.92 Å². The Labute approximate surface area is 92.9 Å². The molecule has 0 bridgehead atoms. The summed E-state index contributed by atoms with van der Waals surface area (Å²) in [6, 6.07) is 3.16. The maximum atomic E-state index is 13.3. The standard InChI is InChI=1S/C12H14F2O2/c1-8(16)9(4-5-15)6-10-7-11(13)2-3-12(10)14/h2-3,7,9,15H,4-6H2,1H3. The van der Waals surface area contributed by atoms with Gasteiger partial charge in [0.1, 0.15) is 17.4 Å². The molecule has 1 atom stereocenters. The van der Waals surface area contributed by atoms with E-state index in [0.29, 0.717) is 0 Å². The fraction of sp³-hybridized carbons (Fsp3) is 0.417. The Hall–Kier alpha value is -1.29. The van der Waals surface area contributed by atoms with Crippen molar-refractivity contribution in [3.05, 3.63) is 35.4 Å². The van der Waals surface area contributed by atoms with E-state index in [1.807, 2.05) is 0 Å². The van der Waals surface area contributed by atoms with Gasteiger partial charge in [-0.15, -0.1) is 0 Å². The number of aliphatic hydroxyl groups excluding tert-OH is 1. The van der Waals surface area contributed by atoms with Crippen LogP contribution in [0.1, 0.15) is 18.9 Å². The molecule has 2 nitrogen and oxygen atoms in total. The van der Waals surface area contributed by atoms with E-state index >= 15 is 0 Å². The lowest BCUT2D eigenvalue weighted by Gasteiger charge is -2.12. The zero-order valence-corrected chi connectivity index (χ0v) is 9.04. The Balaban J connectivity index is 2.84. The summed E-state index contributed by atoms with van der Waals surface area (Å²) in [5, 5.41) is 8.77. The van der Waals surface area contributed by atoms with Gasteiger partial charge >= 0.3 is 0 Å². The van der Waals surface area contributed by atoms with Crippen molar-refractivity contribution in [1.29, 1.82) is 0 Å². The first-order valence-electron chi connectivity index (χ1n) is 5.10. The molecule has 1 rings (SSSR count). The summed E-state index contributed by atoms with van der Waals surface area (Å²) in [6.45, 7) is 1.25. The van der Waals surface area contributed by atoms with Crippen LogP contribution in [0.2, 0.25) is 0 Å². The maximum Gasteiger partial charge on any atom is 0.133 e. The van der Waals surface area contributed by atoms with Crippen LogP contribution in [0.25, 0.3) is 0 Å². The predicted molar refractivity (Wildman–Crippen MR) is 55.9 cm³/mol. The summed E-state index contributed by atoms with van der Waals surface area (Å²) in [7, 11) is 0. The number of carbonyl (C=O) groups is 1. The van der Waals surface area contributed by atoms with Gasteiger partial charge in [-0.1, -0.05) is 0 Å². The molecular formula is C12H14F2O2. The van der Waals surface area contributed by atoms with E-state index in [1.54, 1.807) is 0 Å². The van der Waals surface area contributed by atoms with E-state index in [4.69, 9.17) is 5.11 Å². The highest BCUT2D eigenvalue weighted by Gasteiger charge is 2.16. The molecule has 16 heavy (non-hydrogen) atoms. The van der Waals surface area contributed by atoms with Gasteiger partial charge in [0, 0.05) is 12.5 Å². The van der Waals surface area contributed by atoms with Crippen molar-refractivity contribution in [2.75, 3.05) is 6.61 Å². The molecule has 1 unspecified atom stereocenters. The average Bonchev–Trinajstić information content (AvgIpc) is 2.22. The second-order valence-corrected chi connectivity index (χ2v) is 3.76. The lowest BCUT2D eigenvalue weighted by Crippen LogP contribution is -2.16. The van der Waals surface area contributed by atoms with Crippen LogP contribution in [0.4, 0.5) is 8.78 Å². The molecule has 0 saturated carbocycles. The van der Waals surface area contributed by atoms with Gasteiger partial charge in [-0.3, -0.25) is 4.79 Å². The second kappa shape index (κ2) is 5.70. The first kappa shape index (κ1) is 12.8. The fourth-order valence-corrected chi connectivity index (χ4v) is 1.57. The van der Waals surface area contributed by atoms with Gasteiger partial charge in [-0.2, -0.15) is 0 Å². The van der Waals surface area contributed by atoms with E-state index in [9.17, 15) is 13.6 Å². The molecule has 0 heterocycles. The number of rotatable bonds is 5. The maximum absolute atomic E-state index is 13.3. The van der Waals surface area contributed by atoms with E-state index in [-0.39, 0.29) is 30.8 Å². The third-order valence-electron chi connectivity index (χ3n) is 2.53. The summed E-state index contributed by atoms with van der Waals surface area (Å²) < 4.78 is 26.2. The summed E-state index contributed by atoms with van der Waals surface area (Å²) in [4.78, 5) is 11.2. The quantitative estimate of drug-likeness (QED) is 0.837. The fourth-order valence-electron chi connectivity index (χ4n) is 1.57. The molecule has 1 aromatic carbocycles. The molecule has 1 N–H and O–H groups in total. The number of carbonyl (C=O) groups excluding carboxylic acids is 1. The molecule has 0 fully saturated rings. The first-order valence-corrected chi connectivity index (χ1v) is 5.10. The molecule has 0 spiro atoms. The molecule has 88 valence electrons. The molecule has 0 amide bonds. The van der Waals surface area contributed by atoms with Gasteiger partial charge in [-0.05, 0) is 43.5 Å². The summed E-state index contributed by atoms with van der Waals surface area (Å²) in [5.41, 5.74) is 0.175. The highest BCUT2D eigenvalue weighted by molar-refractivity contribution is 5.78. The van der Waals surface area contributed by atoms with Crippen molar-refractivity contribution in [1.82, 2.24) is 0 Å². The van der Waals surface area contributed by atoms with E-state index in [0.717, 1.165) is 18.2 Å².